The van der Waals surface area contributed by atoms with Crippen molar-refractivity contribution in [1.82, 2.24) is 20.3 Å². The molecule has 2 atom stereocenters. The molecular formula is C10H16N4O2. The van der Waals surface area contributed by atoms with Gasteiger partial charge in [0.2, 0.25) is 0 Å². The first-order valence-electron chi connectivity index (χ1n) is 5.57. The van der Waals surface area contributed by atoms with Crippen molar-refractivity contribution in [3.8, 4) is 0 Å². The lowest BCUT2D eigenvalue weighted by Gasteiger charge is -2.28. The Bertz CT molecular complexity index is 371. The van der Waals surface area contributed by atoms with Crippen LogP contribution < -0.4 is 5.32 Å². The van der Waals surface area contributed by atoms with Gasteiger partial charge in [-0.1, -0.05) is 11.6 Å². The Balaban J connectivity index is 2.07. The Hall–Kier alpha value is -1.43. The molecule has 6 heteroatoms. The minimum absolute atomic E-state index is 0.00246. The summed E-state index contributed by atoms with van der Waals surface area (Å²) >= 11 is 0. The molecule has 0 spiro atoms. The van der Waals surface area contributed by atoms with E-state index in [9.17, 15) is 4.79 Å². The van der Waals surface area contributed by atoms with Crippen LogP contribution in [0.5, 0.6) is 0 Å². The molecule has 0 aliphatic carbocycles. The molecule has 1 saturated heterocycles. The number of aromatic nitrogens is 3. The number of carbonyl (C=O) groups is 1. The second-order valence-electron chi connectivity index (χ2n) is 4.19. The zero-order valence-electron chi connectivity index (χ0n) is 9.26. The minimum Gasteiger partial charge on any atom is -0.476 e. The highest BCUT2D eigenvalue weighted by Gasteiger charge is 2.22. The molecule has 2 heterocycles. The number of hydrogen-bond donors (Lipinski definition) is 2. The number of nitrogens with zero attached hydrogens (tertiary/aromatic N) is 3. The van der Waals surface area contributed by atoms with E-state index in [4.69, 9.17) is 5.11 Å². The molecule has 2 rings (SSSR count). The van der Waals surface area contributed by atoms with Crippen LogP contribution >= 0.6 is 0 Å². The molecule has 1 fully saturated rings. The van der Waals surface area contributed by atoms with Crippen LogP contribution in [0.1, 0.15) is 42.7 Å². The molecule has 2 unspecified atom stereocenters. The fourth-order valence-corrected chi connectivity index (χ4v) is 2.05. The van der Waals surface area contributed by atoms with Crippen molar-refractivity contribution in [2.24, 2.45) is 0 Å². The maximum Gasteiger partial charge on any atom is 0.358 e. The van der Waals surface area contributed by atoms with Gasteiger partial charge in [0.05, 0.1) is 12.2 Å². The van der Waals surface area contributed by atoms with E-state index in [-0.39, 0.29) is 11.7 Å². The molecule has 0 aromatic carbocycles. The van der Waals surface area contributed by atoms with E-state index < -0.39 is 5.97 Å². The highest BCUT2D eigenvalue weighted by Crippen LogP contribution is 2.18. The third kappa shape index (κ3) is 2.21. The summed E-state index contributed by atoms with van der Waals surface area (Å²) < 4.78 is 1.63. The number of rotatable bonds is 3. The lowest BCUT2D eigenvalue weighted by Crippen LogP contribution is -2.40. The molecule has 0 radical (unpaired) electrons. The van der Waals surface area contributed by atoms with Gasteiger partial charge in [-0.2, -0.15) is 0 Å². The van der Waals surface area contributed by atoms with Gasteiger partial charge in [0.1, 0.15) is 0 Å². The Morgan fingerprint density at radius 1 is 1.69 bits per heavy atom. The third-order valence-electron chi connectivity index (χ3n) is 3.08. The molecule has 1 aromatic heterocycles. The van der Waals surface area contributed by atoms with E-state index in [0.717, 1.165) is 13.0 Å². The maximum atomic E-state index is 10.7. The van der Waals surface area contributed by atoms with Crippen LogP contribution in [0.15, 0.2) is 6.20 Å². The topological polar surface area (TPSA) is 80.0 Å². The van der Waals surface area contributed by atoms with Crippen molar-refractivity contribution >= 4 is 5.97 Å². The van der Waals surface area contributed by atoms with Crippen LogP contribution in [0.4, 0.5) is 0 Å². The molecule has 6 nitrogen and oxygen atoms in total. The van der Waals surface area contributed by atoms with E-state index in [1.807, 2.05) is 6.92 Å². The number of aromatic carboxylic acids is 1. The van der Waals surface area contributed by atoms with Crippen molar-refractivity contribution in [3.05, 3.63) is 11.9 Å². The van der Waals surface area contributed by atoms with Gasteiger partial charge in [0.25, 0.3) is 0 Å². The number of hydrogen-bond acceptors (Lipinski definition) is 4. The SMILES string of the molecule is CC(C1CCCCN1)n1cc(C(=O)O)nn1. The van der Waals surface area contributed by atoms with Gasteiger partial charge in [-0.15, -0.1) is 5.10 Å². The van der Waals surface area contributed by atoms with Gasteiger partial charge in [-0.05, 0) is 26.3 Å². The minimum atomic E-state index is -1.03. The first-order valence-corrected chi connectivity index (χ1v) is 5.57. The van der Waals surface area contributed by atoms with Crippen molar-refractivity contribution in [1.29, 1.82) is 0 Å². The van der Waals surface area contributed by atoms with Gasteiger partial charge < -0.3 is 10.4 Å². The second-order valence-corrected chi connectivity index (χ2v) is 4.19. The van der Waals surface area contributed by atoms with Crippen molar-refractivity contribution < 1.29 is 9.90 Å². The summed E-state index contributed by atoms with van der Waals surface area (Å²) in [5, 5.41) is 19.7. The quantitative estimate of drug-likeness (QED) is 0.789. The molecule has 0 saturated carbocycles. The number of carboxylic acid groups (broad SMARTS) is 1. The molecular weight excluding hydrogens is 208 g/mol. The molecule has 16 heavy (non-hydrogen) atoms. The van der Waals surface area contributed by atoms with Crippen LogP contribution in [-0.2, 0) is 0 Å². The van der Waals surface area contributed by atoms with Crippen LogP contribution in [0.3, 0.4) is 0 Å². The number of carboxylic acids is 1. The van der Waals surface area contributed by atoms with E-state index in [1.54, 1.807) is 4.68 Å². The van der Waals surface area contributed by atoms with E-state index in [1.165, 1.54) is 19.0 Å². The first-order chi connectivity index (χ1) is 7.68. The zero-order chi connectivity index (χ0) is 11.5. The summed E-state index contributed by atoms with van der Waals surface area (Å²) in [6.07, 6.45) is 5.01. The summed E-state index contributed by atoms with van der Waals surface area (Å²) in [6, 6.07) is 0.498. The Labute approximate surface area is 93.6 Å². The van der Waals surface area contributed by atoms with Crippen LogP contribution in [0.25, 0.3) is 0 Å². The van der Waals surface area contributed by atoms with Crippen LogP contribution in [-0.4, -0.2) is 38.7 Å². The highest BCUT2D eigenvalue weighted by atomic mass is 16.4. The molecule has 0 amide bonds. The Morgan fingerprint density at radius 2 is 2.50 bits per heavy atom. The van der Waals surface area contributed by atoms with E-state index in [2.05, 4.69) is 15.6 Å². The molecule has 2 N–H and O–H groups in total. The average Bonchev–Trinajstić information content (AvgIpc) is 2.78. The van der Waals surface area contributed by atoms with Gasteiger partial charge in [-0.25, -0.2) is 9.48 Å². The summed E-state index contributed by atoms with van der Waals surface area (Å²) in [5.74, 6) is -1.03. The smallest absolute Gasteiger partial charge is 0.358 e. The fraction of sp³-hybridized carbons (Fsp3) is 0.700. The van der Waals surface area contributed by atoms with Gasteiger partial charge in [0.15, 0.2) is 5.69 Å². The summed E-state index contributed by atoms with van der Waals surface area (Å²) in [5.41, 5.74) is 0.00246. The van der Waals surface area contributed by atoms with Crippen LogP contribution in [0.2, 0.25) is 0 Å². The molecule has 1 aliphatic rings. The van der Waals surface area contributed by atoms with Crippen LogP contribution in [0, 0.1) is 0 Å². The molecule has 0 bridgehead atoms. The predicted molar refractivity (Wildman–Crippen MR) is 57.3 cm³/mol. The summed E-state index contributed by atoms with van der Waals surface area (Å²) in [6.45, 7) is 3.05. The highest BCUT2D eigenvalue weighted by molar-refractivity contribution is 5.84. The van der Waals surface area contributed by atoms with E-state index in [0.29, 0.717) is 6.04 Å². The van der Waals surface area contributed by atoms with E-state index >= 15 is 0 Å². The first kappa shape index (κ1) is 11.1. The largest absolute Gasteiger partial charge is 0.476 e. The fourth-order valence-electron chi connectivity index (χ4n) is 2.05. The predicted octanol–water partition coefficient (Wildman–Crippen LogP) is 0.679. The standard InChI is InChI=1S/C10H16N4O2/c1-7(8-4-2-3-5-11-8)14-6-9(10(15)16)12-13-14/h6-8,11H,2-5H2,1H3,(H,15,16). The lowest BCUT2D eigenvalue weighted by atomic mass is 9.99. The average molecular weight is 224 g/mol. The van der Waals surface area contributed by atoms with Gasteiger partial charge in [0, 0.05) is 6.04 Å². The van der Waals surface area contributed by atoms with Crippen molar-refractivity contribution in [2.75, 3.05) is 6.54 Å². The molecule has 1 aliphatic heterocycles. The number of piperidine rings is 1. The van der Waals surface area contributed by atoms with Crippen molar-refractivity contribution in [3.63, 3.8) is 0 Å². The maximum absolute atomic E-state index is 10.7. The van der Waals surface area contributed by atoms with Crippen molar-refractivity contribution in [2.45, 2.75) is 38.3 Å². The molecule has 1 aromatic rings. The molecule has 88 valence electrons. The summed E-state index contributed by atoms with van der Waals surface area (Å²) in [7, 11) is 0. The Kier molecular flexibility index (Phi) is 3.19. The second kappa shape index (κ2) is 4.61. The summed E-state index contributed by atoms with van der Waals surface area (Å²) in [4.78, 5) is 10.7. The Morgan fingerprint density at radius 3 is 3.06 bits per heavy atom. The number of nitrogens with one attached hydrogen (secondary N) is 1. The third-order valence-corrected chi connectivity index (χ3v) is 3.08. The lowest BCUT2D eigenvalue weighted by molar-refractivity contribution is 0.0690. The van der Waals surface area contributed by atoms with Gasteiger partial charge >= 0.3 is 5.97 Å². The normalized spacial score (nSPS) is 22.9. The monoisotopic (exact) mass is 224 g/mol. The zero-order valence-corrected chi connectivity index (χ0v) is 9.26. The van der Waals surface area contributed by atoms with Gasteiger partial charge in [-0.3, -0.25) is 0 Å².